The zero-order valence-electron chi connectivity index (χ0n) is 11.3. The Morgan fingerprint density at radius 3 is 2.50 bits per heavy atom. The topological polar surface area (TPSA) is 34.2 Å². The maximum absolute atomic E-state index is 12.5. The maximum atomic E-state index is 12.5. The second-order valence-corrected chi connectivity index (χ2v) is 4.37. The van der Waals surface area contributed by atoms with Crippen molar-refractivity contribution >= 4 is 0 Å². The lowest BCUT2D eigenvalue weighted by Crippen LogP contribution is -2.19. The molecule has 1 N–H and O–H groups in total. The fourth-order valence-electron chi connectivity index (χ4n) is 2.07. The Bertz CT molecular complexity index is 558. The van der Waals surface area contributed by atoms with E-state index in [1.54, 1.807) is 31.4 Å². The number of halogens is 2. The summed E-state index contributed by atoms with van der Waals surface area (Å²) >= 11 is 0. The monoisotopic (exact) mass is 278 g/mol. The van der Waals surface area contributed by atoms with Crippen LogP contribution in [0, 0.1) is 6.92 Å². The van der Waals surface area contributed by atoms with Crippen LogP contribution in [-0.4, -0.2) is 18.6 Å². The lowest BCUT2D eigenvalue weighted by Gasteiger charge is -2.20. The van der Waals surface area contributed by atoms with Gasteiger partial charge in [-0.2, -0.15) is 8.78 Å². The highest BCUT2D eigenvalue weighted by Crippen LogP contribution is 2.30. The number of alkyl halides is 2. The summed E-state index contributed by atoms with van der Waals surface area (Å²) < 4.78 is 29.5. The lowest BCUT2D eigenvalue weighted by atomic mass is 9.99. The normalized spacial score (nSPS) is 12.4. The van der Waals surface area contributed by atoms with E-state index in [1.165, 1.54) is 6.07 Å². The lowest BCUT2D eigenvalue weighted by molar-refractivity contribution is -0.0506. The SMILES string of the molecule is CNC(c1ccc(C)nc1)c1ccccc1OC(F)F. The van der Waals surface area contributed by atoms with Crippen molar-refractivity contribution in [1.29, 1.82) is 0 Å². The molecule has 0 aliphatic rings. The van der Waals surface area contributed by atoms with Crippen LogP contribution in [0.25, 0.3) is 0 Å². The van der Waals surface area contributed by atoms with Crippen molar-refractivity contribution in [3.05, 3.63) is 59.4 Å². The number of nitrogens with zero attached hydrogens (tertiary/aromatic N) is 1. The highest BCUT2D eigenvalue weighted by atomic mass is 19.3. The predicted molar refractivity (Wildman–Crippen MR) is 73.0 cm³/mol. The number of benzene rings is 1. The number of nitrogens with one attached hydrogen (secondary N) is 1. The summed E-state index contributed by atoms with van der Waals surface area (Å²) in [6.07, 6.45) is 1.73. The highest BCUT2D eigenvalue weighted by Gasteiger charge is 2.18. The molecule has 106 valence electrons. The largest absolute Gasteiger partial charge is 0.434 e. The minimum absolute atomic E-state index is 0.169. The van der Waals surface area contributed by atoms with Crippen molar-refractivity contribution < 1.29 is 13.5 Å². The first-order valence-corrected chi connectivity index (χ1v) is 6.25. The van der Waals surface area contributed by atoms with Crippen LogP contribution in [0.1, 0.15) is 22.9 Å². The molecular weight excluding hydrogens is 262 g/mol. The number of hydrogen-bond donors (Lipinski definition) is 1. The number of pyridine rings is 1. The van der Waals surface area contributed by atoms with Crippen molar-refractivity contribution in [1.82, 2.24) is 10.3 Å². The Morgan fingerprint density at radius 2 is 1.90 bits per heavy atom. The van der Waals surface area contributed by atoms with E-state index in [0.717, 1.165) is 11.3 Å². The summed E-state index contributed by atoms with van der Waals surface area (Å²) in [5.74, 6) is 0.169. The fourth-order valence-corrected chi connectivity index (χ4v) is 2.07. The standard InChI is InChI=1S/C15H16F2N2O/c1-10-7-8-11(9-19-10)14(18-2)12-5-3-4-6-13(12)20-15(16)17/h3-9,14-15,18H,1-2H3. The molecule has 2 rings (SSSR count). The predicted octanol–water partition coefficient (Wildman–Crippen LogP) is 3.30. The van der Waals surface area contributed by atoms with E-state index < -0.39 is 6.61 Å². The van der Waals surface area contributed by atoms with Gasteiger partial charge >= 0.3 is 6.61 Å². The van der Waals surface area contributed by atoms with Gasteiger partial charge in [0.1, 0.15) is 5.75 Å². The van der Waals surface area contributed by atoms with Crippen molar-refractivity contribution in [2.45, 2.75) is 19.6 Å². The van der Waals surface area contributed by atoms with Crippen LogP contribution in [0.4, 0.5) is 8.78 Å². The van der Waals surface area contributed by atoms with E-state index in [1.807, 2.05) is 19.1 Å². The number of aromatic nitrogens is 1. The van der Waals surface area contributed by atoms with Gasteiger partial charge in [-0.05, 0) is 31.7 Å². The van der Waals surface area contributed by atoms with Crippen LogP contribution in [-0.2, 0) is 0 Å². The van der Waals surface area contributed by atoms with Gasteiger partial charge in [0.25, 0.3) is 0 Å². The van der Waals surface area contributed by atoms with Crippen molar-refractivity contribution in [2.24, 2.45) is 0 Å². The summed E-state index contributed by atoms with van der Waals surface area (Å²) in [7, 11) is 1.77. The molecule has 3 nitrogen and oxygen atoms in total. The molecule has 1 aromatic heterocycles. The average molecular weight is 278 g/mol. The van der Waals surface area contributed by atoms with Crippen LogP contribution in [0.15, 0.2) is 42.6 Å². The van der Waals surface area contributed by atoms with Crippen LogP contribution < -0.4 is 10.1 Å². The Balaban J connectivity index is 2.38. The van der Waals surface area contributed by atoms with E-state index in [-0.39, 0.29) is 11.8 Å². The first kappa shape index (κ1) is 14.4. The number of ether oxygens (including phenoxy) is 1. The molecule has 0 amide bonds. The third-order valence-corrected chi connectivity index (χ3v) is 3.00. The number of hydrogen-bond acceptors (Lipinski definition) is 3. The molecule has 1 atom stereocenters. The number of aryl methyl sites for hydroxylation is 1. The quantitative estimate of drug-likeness (QED) is 0.911. The third-order valence-electron chi connectivity index (χ3n) is 3.00. The first-order chi connectivity index (χ1) is 9.61. The molecule has 5 heteroatoms. The number of rotatable bonds is 5. The zero-order chi connectivity index (χ0) is 14.5. The maximum Gasteiger partial charge on any atom is 0.387 e. The molecule has 0 bridgehead atoms. The van der Waals surface area contributed by atoms with E-state index in [9.17, 15) is 8.78 Å². The van der Waals surface area contributed by atoms with Gasteiger partial charge in [0.15, 0.2) is 0 Å². The number of para-hydroxylation sites is 1. The summed E-state index contributed by atoms with van der Waals surface area (Å²) in [6, 6.07) is 10.3. The molecule has 1 unspecified atom stereocenters. The third kappa shape index (κ3) is 3.30. The highest BCUT2D eigenvalue weighted by molar-refractivity contribution is 5.41. The molecule has 0 fully saturated rings. The smallest absolute Gasteiger partial charge is 0.387 e. The van der Waals surface area contributed by atoms with Gasteiger partial charge in [0.05, 0.1) is 6.04 Å². The van der Waals surface area contributed by atoms with Crippen LogP contribution >= 0.6 is 0 Å². The Hall–Kier alpha value is -2.01. The molecule has 20 heavy (non-hydrogen) atoms. The minimum Gasteiger partial charge on any atom is -0.434 e. The zero-order valence-corrected chi connectivity index (χ0v) is 11.3. The van der Waals surface area contributed by atoms with Gasteiger partial charge < -0.3 is 10.1 Å². The van der Waals surface area contributed by atoms with E-state index in [4.69, 9.17) is 0 Å². The molecule has 0 radical (unpaired) electrons. The molecule has 0 aliphatic carbocycles. The van der Waals surface area contributed by atoms with Crippen LogP contribution in [0.2, 0.25) is 0 Å². The minimum atomic E-state index is -2.84. The molecular formula is C15H16F2N2O. The van der Waals surface area contributed by atoms with E-state index in [2.05, 4.69) is 15.0 Å². The van der Waals surface area contributed by atoms with E-state index >= 15 is 0 Å². The van der Waals surface area contributed by atoms with Crippen LogP contribution in [0.3, 0.4) is 0 Å². The molecule has 2 aromatic rings. The molecule has 0 spiro atoms. The Morgan fingerprint density at radius 1 is 1.15 bits per heavy atom. The second-order valence-electron chi connectivity index (χ2n) is 4.37. The average Bonchev–Trinajstić information content (AvgIpc) is 2.43. The molecule has 0 saturated carbocycles. The van der Waals surface area contributed by atoms with Crippen molar-refractivity contribution in [3.8, 4) is 5.75 Å². The summed E-state index contributed by atoms with van der Waals surface area (Å²) in [5.41, 5.74) is 2.45. The summed E-state index contributed by atoms with van der Waals surface area (Å²) in [5, 5.41) is 3.10. The van der Waals surface area contributed by atoms with Gasteiger partial charge in [-0.25, -0.2) is 0 Å². The van der Waals surface area contributed by atoms with Crippen molar-refractivity contribution in [3.63, 3.8) is 0 Å². The molecule has 0 saturated heterocycles. The molecule has 0 aliphatic heterocycles. The van der Waals surface area contributed by atoms with Crippen molar-refractivity contribution in [2.75, 3.05) is 7.05 Å². The van der Waals surface area contributed by atoms with E-state index in [0.29, 0.717) is 5.56 Å². The fraction of sp³-hybridized carbons (Fsp3) is 0.267. The molecule has 1 heterocycles. The van der Waals surface area contributed by atoms with Gasteiger partial charge in [-0.1, -0.05) is 24.3 Å². The van der Waals surface area contributed by atoms with Gasteiger partial charge in [-0.15, -0.1) is 0 Å². The Labute approximate surface area is 116 Å². The van der Waals surface area contributed by atoms with Gasteiger partial charge in [0.2, 0.25) is 0 Å². The Kier molecular flexibility index (Phi) is 4.63. The molecule has 1 aromatic carbocycles. The van der Waals surface area contributed by atoms with Gasteiger partial charge in [-0.3, -0.25) is 4.98 Å². The summed E-state index contributed by atoms with van der Waals surface area (Å²) in [4.78, 5) is 4.24. The van der Waals surface area contributed by atoms with Crippen LogP contribution in [0.5, 0.6) is 5.75 Å². The first-order valence-electron chi connectivity index (χ1n) is 6.25. The second kappa shape index (κ2) is 6.43. The van der Waals surface area contributed by atoms with Gasteiger partial charge in [0, 0.05) is 17.5 Å². The summed E-state index contributed by atoms with van der Waals surface area (Å²) in [6.45, 7) is -0.948.